The summed E-state index contributed by atoms with van der Waals surface area (Å²) in [5, 5.41) is 11.6. The Morgan fingerprint density at radius 1 is 0.606 bits per heavy atom. The fourth-order valence-electron chi connectivity index (χ4n) is 5.84. The Balaban J connectivity index is 1.25. The Labute approximate surface area is 379 Å². The molecule has 0 amide bonds. The minimum atomic E-state index is -4.98. The maximum atomic E-state index is 12.6. The summed E-state index contributed by atoms with van der Waals surface area (Å²) in [5.41, 5.74) is 1.65. The summed E-state index contributed by atoms with van der Waals surface area (Å²) < 4.78 is 135. The number of nitrogens with one attached hydrogen (secondary N) is 4. The first-order valence-corrected chi connectivity index (χ1v) is 25.2. The van der Waals surface area contributed by atoms with Crippen molar-refractivity contribution in [3.05, 3.63) is 95.7 Å². The third-order valence-corrected chi connectivity index (χ3v) is 12.7. The second-order valence-electron chi connectivity index (χ2n) is 14.2. The van der Waals surface area contributed by atoms with Crippen LogP contribution in [-0.4, -0.2) is 115 Å². The highest BCUT2D eigenvalue weighted by molar-refractivity contribution is 7.86. The molecule has 3 aromatic carbocycles. The molecule has 28 heteroatoms. The standard InChI is InChI=1S/C38H42N12O12S4/c1-4-49(2)37-45-33(39-26-8-6-5-7-9-26)43-35(46-37)41-28-17-14-25(32(22-28)66(60,61)62)13-10-24-11-15-27(16-12-24)40-34-44-36(48-38(47-34)50(3)20-21-63(51,52)53)42-30-23-29(64(54,55)56)18-19-31(30)65(57,58)59/h5-6,9-19,22-23H,4,7-8,20-21H2,1-3H3,(H,51,52,53)(H,54,55,56)(H,57,58,59)(H,60,61,62)(H2,39,41,43,45,46)(H2,40,42,44,47,48)/b13-10+. The minimum Gasteiger partial charge on any atom is -0.344 e. The van der Waals surface area contributed by atoms with E-state index < -0.39 is 72.5 Å². The lowest BCUT2D eigenvalue weighted by atomic mass is 10.1. The van der Waals surface area contributed by atoms with Gasteiger partial charge in [-0.1, -0.05) is 48.6 Å². The van der Waals surface area contributed by atoms with Gasteiger partial charge >= 0.3 is 0 Å². The first kappa shape index (κ1) is 48.8. The molecule has 1 aliphatic carbocycles. The van der Waals surface area contributed by atoms with Crippen LogP contribution in [0.15, 0.2) is 99.3 Å². The lowest BCUT2D eigenvalue weighted by Crippen LogP contribution is -2.27. The fourth-order valence-corrected chi connectivity index (χ4v) is 8.19. The zero-order chi connectivity index (χ0) is 48.0. The fraction of sp³-hybridized carbons (Fsp3) is 0.211. The van der Waals surface area contributed by atoms with E-state index >= 15 is 0 Å². The van der Waals surface area contributed by atoms with Gasteiger partial charge in [0.2, 0.25) is 35.7 Å². The van der Waals surface area contributed by atoms with Crippen molar-refractivity contribution in [1.82, 2.24) is 29.9 Å². The molecule has 0 radical (unpaired) electrons. The van der Waals surface area contributed by atoms with Crippen molar-refractivity contribution < 1.29 is 51.9 Å². The molecule has 0 fully saturated rings. The van der Waals surface area contributed by atoms with Crippen molar-refractivity contribution in [3.63, 3.8) is 0 Å². The molecule has 350 valence electrons. The highest BCUT2D eigenvalue weighted by Crippen LogP contribution is 2.30. The van der Waals surface area contributed by atoms with Gasteiger partial charge in [-0.15, -0.1) is 0 Å². The third-order valence-electron chi connectivity index (χ3n) is 9.31. The van der Waals surface area contributed by atoms with Crippen molar-refractivity contribution in [2.45, 2.75) is 34.5 Å². The van der Waals surface area contributed by atoms with Gasteiger partial charge in [0.25, 0.3) is 40.5 Å². The Morgan fingerprint density at radius 3 is 1.74 bits per heavy atom. The maximum Gasteiger partial charge on any atom is 0.296 e. The molecule has 24 nitrogen and oxygen atoms in total. The SMILES string of the molecule is CCN(C)c1nc(NC2=CCC=CC2)nc(Nc2ccc(/C=C/c3ccc(Nc4nc(Nc5cc(S(=O)(=O)O)ccc5S(=O)(=O)O)nc(N(C)CCS(=O)(=O)O)n4)cc3)c(S(=O)(=O)O)c2)n1. The second-order valence-corrected chi connectivity index (χ2v) is 20.0. The molecule has 0 atom stereocenters. The van der Waals surface area contributed by atoms with Gasteiger partial charge in [-0.05, 0) is 66.9 Å². The van der Waals surface area contributed by atoms with E-state index in [9.17, 15) is 51.9 Å². The molecule has 0 aliphatic heterocycles. The van der Waals surface area contributed by atoms with Crippen molar-refractivity contribution >= 4 is 105 Å². The van der Waals surface area contributed by atoms with Crippen molar-refractivity contribution in [3.8, 4) is 0 Å². The van der Waals surface area contributed by atoms with E-state index in [2.05, 4.69) is 51.2 Å². The van der Waals surface area contributed by atoms with E-state index in [1.165, 1.54) is 30.2 Å². The number of nitrogens with zero attached hydrogens (tertiary/aromatic N) is 8. The average Bonchev–Trinajstić information content (AvgIpc) is 3.24. The molecule has 66 heavy (non-hydrogen) atoms. The summed E-state index contributed by atoms with van der Waals surface area (Å²) in [7, 11) is -15.8. The van der Waals surface area contributed by atoms with Gasteiger partial charge < -0.3 is 31.1 Å². The van der Waals surface area contributed by atoms with E-state index in [-0.39, 0.29) is 41.6 Å². The molecule has 0 unspecified atom stereocenters. The monoisotopic (exact) mass is 986 g/mol. The molecule has 0 saturated heterocycles. The van der Waals surface area contributed by atoms with Crippen molar-refractivity contribution in [1.29, 1.82) is 0 Å². The molecule has 1 aliphatic rings. The van der Waals surface area contributed by atoms with Crippen LogP contribution in [0.1, 0.15) is 30.9 Å². The van der Waals surface area contributed by atoms with Gasteiger partial charge in [0.15, 0.2) is 0 Å². The van der Waals surface area contributed by atoms with E-state index in [1.54, 1.807) is 41.3 Å². The smallest absolute Gasteiger partial charge is 0.296 e. The van der Waals surface area contributed by atoms with Gasteiger partial charge in [-0.3, -0.25) is 18.2 Å². The van der Waals surface area contributed by atoms with Gasteiger partial charge in [-0.2, -0.15) is 63.6 Å². The molecular weight excluding hydrogens is 945 g/mol. The highest BCUT2D eigenvalue weighted by atomic mass is 32.2. The van der Waals surface area contributed by atoms with Crippen molar-refractivity contribution in [2.75, 3.05) is 64.0 Å². The molecule has 2 heterocycles. The van der Waals surface area contributed by atoms with Crippen LogP contribution in [0, 0.1) is 0 Å². The predicted molar refractivity (Wildman–Crippen MR) is 246 cm³/mol. The number of benzene rings is 3. The summed E-state index contributed by atoms with van der Waals surface area (Å²) >= 11 is 0. The van der Waals surface area contributed by atoms with Crippen LogP contribution < -0.4 is 31.1 Å². The van der Waals surface area contributed by atoms with E-state index in [4.69, 9.17) is 0 Å². The summed E-state index contributed by atoms with van der Waals surface area (Å²) in [6, 6.07) is 12.8. The zero-order valence-electron chi connectivity index (χ0n) is 35.0. The molecule has 5 aromatic rings. The lowest BCUT2D eigenvalue weighted by Gasteiger charge is -2.18. The molecule has 6 rings (SSSR count). The van der Waals surface area contributed by atoms with Gasteiger partial charge in [0, 0.05) is 50.7 Å². The molecular formula is C38H42N12O12S4. The average molecular weight is 987 g/mol. The van der Waals surface area contributed by atoms with E-state index in [0.717, 1.165) is 24.3 Å². The van der Waals surface area contributed by atoms with Crippen LogP contribution in [0.3, 0.4) is 0 Å². The Hall–Kier alpha value is -6.66. The van der Waals surface area contributed by atoms with E-state index in [0.29, 0.717) is 36.2 Å². The number of hydrogen-bond donors (Lipinski definition) is 8. The number of hydrogen-bond acceptors (Lipinski definition) is 20. The topological polar surface area (TPSA) is 349 Å². The first-order valence-electron chi connectivity index (χ1n) is 19.2. The summed E-state index contributed by atoms with van der Waals surface area (Å²) in [4.78, 5) is 27.1. The number of aromatic nitrogens is 6. The second kappa shape index (κ2) is 19.8. The number of anilines is 9. The normalized spacial score (nSPS) is 13.3. The zero-order valence-corrected chi connectivity index (χ0v) is 38.2. The highest BCUT2D eigenvalue weighted by Gasteiger charge is 2.23. The quantitative estimate of drug-likeness (QED) is 0.0318. The summed E-state index contributed by atoms with van der Waals surface area (Å²) in [5.74, 6) is -0.852. The third kappa shape index (κ3) is 13.4. The largest absolute Gasteiger partial charge is 0.344 e. The Kier molecular flexibility index (Phi) is 14.7. The lowest BCUT2D eigenvalue weighted by molar-refractivity contribution is 0.479. The van der Waals surface area contributed by atoms with Gasteiger partial charge in [-0.25, -0.2) is 0 Å². The molecule has 8 N–H and O–H groups in total. The van der Waals surface area contributed by atoms with Crippen LogP contribution in [0.5, 0.6) is 0 Å². The van der Waals surface area contributed by atoms with Crippen LogP contribution >= 0.6 is 0 Å². The van der Waals surface area contributed by atoms with Crippen LogP contribution in [0.2, 0.25) is 0 Å². The molecule has 0 saturated carbocycles. The van der Waals surface area contributed by atoms with Crippen molar-refractivity contribution in [2.24, 2.45) is 0 Å². The van der Waals surface area contributed by atoms with E-state index in [1.807, 2.05) is 32.2 Å². The Morgan fingerprint density at radius 2 is 1.18 bits per heavy atom. The van der Waals surface area contributed by atoms with Gasteiger partial charge in [0.05, 0.1) is 16.3 Å². The summed E-state index contributed by atoms with van der Waals surface area (Å²) in [6.45, 7) is 2.19. The molecule has 2 aromatic heterocycles. The number of rotatable bonds is 19. The maximum absolute atomic E-state index is 12.6. The van der Waals surface area contributed by atoms with Crippen LogP contribution in [0.25, 0.3) is 12.2 Å². The minimum absolute atomic E-state index is 0.120. The molecule has 0 bridgehead atoms. The Bertz CT molecular complexity index is 3190. The number of allylic oxidation sites excluding steroid dienone is 3. The summed E-state index contributed by atoms with van der Waals surface area (Å²) in [6.07, 6.45) is 10.5. The van der Waals surface area contributed by atoms with Crippen LogP contribution in [0.4, 0.5) is 52.8 Å². The van der Waals surface area contributed by atoms with Gasteiger partial charge in [0.1, 0.15) is 9.79 Å². The predicted octanol–water partition coefficient (Wildman–Crippen LogP) is 4.62. The van der Waals surface area contributed by atoms with Crippen LogP contribution in [-0.2, 0) is 40.5 Å². The first-order chi connectivity index (χ1) is 30.9. The molecule has 0 spiro atoms.